The lowest BCUT2D eigenvalue weighted by atomic mass is 10.2. The summed E-state index contributed by atoms with van der Waals surface area (Å²) in [5.74, 6) is 1.86. The minimum Gasteiger partial charge on any atom is -0.386 e. The summed E-state index contributed by atoms with van der Waals surface area (Å²) < 4.78 is 14.3. The summed E-state index contributed by atoms with van der Waals surface area (Å²) in [5.41, 5.74) is 0. The molecule has 0 N–H and O–H groups in total. The minimum absolute atomic E-state index is 0.596. The van der Waals surface area contributed by atoms with Crippen molar-refractivity contribution in [3.63, 3.8) is 0 Å². The molecule has 0 unspecified atom stereocenters. The Morgan fingerprint density at radius 2 is 1.17 bits per heavy atom. The van der Waals surface area contributed by atoms with Crippen molar-refractivity contribution >= 4 is 8.72 Å². The lowest BCUT2D eigenvalue weighted by Crippen LogP contribution is -2.60. The van der Waals surface area contributed by atoms with Crippen molar-refractivity contribution in [1.29, 1.82) is 0 Å². The molecule has 18 heavy (non-hydrogen) atoms. The second kappa shape index (κ2) is 8.30. The van der Waals surface area contributed by atoms with E-state index >= 15 is 0 Å². The van der Waals surface area contributed by atoms with Crippen LogP contribution < -0.4 is 0 Å². The van der Waals surface area contributed by atoms with Gasteiger partial charge in [-0.15, -0.1) is 0 Å². The highest BCUT2D eigenvalue weighted by Gasteiger charge is 2.44. The van der Waals surface area contributed by atoms with E-state index in [1.807, 2.05) is 14.2 Å². The largest absolute Gasteiger partial charge is 0.427 e. The highest BCUT2D eigenvalue weighted by molar-refractivity contribution is 6.64. The first kappa shape index (κ1) is 18.1. The first-order valence-electron chi connectivity index (χ1n) is 7.12. The van der Waals surface area contributed by atoms with Crippen LogP contribution in [0.15, 0.2) is 0 Å². The summed E-state index contributed by atoms with van der Waals surface area (Å²) in [6, 6.07) is 1.03. The zero-order valence-electron chi connectivity index (χ0n) is 13.6. The highest BCUT2D eigenvalue weighted by Crippen LogP contribution is 2.24. The van der Waals surface area contributed by atoms with Gasteiger partial charge in [-0.05, 0) is 30.8 Å². The quantitative estimate of drug-likeness (QED) is 0.601. The Hall–Kier alpha value is 0.0969. The molecule has 3 nitrogen and oxygen atoms in total. The summed E-state index contributed by atoms with van der Waals surface area (Å²) in [6.07, 6.45) is 0. The minimum atomic E-state index is -2.23. The van der Waals surface area contributed by atoms with Crippen LogP contribution in [0.4, 0.5) is 0 Å². The van der Waals surface area contributed by atoms with Gasteiger partial charge in [0.1, 0.15) is 0 Å². The van der Waals surface area contributed by atoms with Crippen LogP contribution >= 0.6 is 0 Å². The highest BCUT2D eigenvalue weighted by atomic mass is 28.4. The molecule has 0 aromatic rings. The average molecular weight is 276 g/mol. The molecular weight excluding hydrogens is 242 g/mol. The zero-order valence-corrected chi connectivity index (χ0v) is 14.6. The van der Waals surface area contributed by atoms with E-state index in [0.29, 0.717) is 17.8 Å². The Kier molecular flexibility index (Phi) is 8.35. The van der Waals surface area contributed by atoms with Crippen LogP contribution in [0, 0.1) is 17.8 Å². The van der Waals surface area contributed by atoms with Gasteiger partial charge in [0.2, 0.25) is 0 Å². The molecular formula is C14H33NO2Si. The second-order valence-electron chi connectivity index (χ2n) is 6.41. The monoisotopic (exact) mass is 275 g/mol. The van der Waals surface area contributed by atoms with Crippen molar-refractivity contribution in [2.45, 2.75) is 47.6 Å². The van der Waals surface area contributed by atoms with E-state index in [-0.39, 0.29) is 0 Å². The van der Waals surface area contributed by atoms with Gasteiger partial charge in [-0.3, -0.25) is 4.57 Å². The van der Waals surface area contributed by atoms with Crippen molar-refractivity contribution in [2.24, 2.45) is 17.8 Å². The molecule has 0 aliphatic heterocycles. The lowest BCUT2D eigenvalue weighted by Gasteiger charge is -2.40. The molecule has 0 fully saturated rings. The van der Waals surface area contributed by atoms with Crippen molar-refractivity contribution < 1.29 is 8.85 Å². The Labute approximate surface area is 115 Å². The number of hydrogen-bond donors (Lipinski definition) is 0. The molecule has 0 bridgehead atoms. The number of hydrogen-bond acceptors (Lipinski definition) is 3. The Bertz CT molecular complexity index is 206. The third-order valence-electron chi connectivity index (χ3n) is 2.96. The van der Waals surface area contributed by atoms with Gasteiger partial charge in [0.15, 0.2) is 0 Å². The van der Waals surface area contributed by atoms with Crippen molar-refractivity contribution in [3.8, 4) is 0 Å². The van der Waals surface area contributed by atoms with Crippen molar-refractivity contribution in [2.75, 3.05) is 27.3 Å². The van der Waals surface area contributed by atoms with Crippen LogP contribution in [0.3, 0.4) is 0 Å². The predicted octanol–water partition coefficient (Wildman–Crippen LogP) is 3.49. The van der Waals surface area contributed by atoms with E-state index < -0.39 is 8.72 Å². The van der Waals surface area contributed by atoms with Crippen LogP contribution in [0.2, 0.25) is 6.04 Å². The first-order valence-corrected chi connectivity index (χ1v) is 9.09. The summed E-state index contributed by atoms with van der Waals surface area (Å²) in [7, 11) is 1.39. The maximum Gasteiger partial charge on any atom is 0.427 e. The third-order valence-corrected chi connectivity index (χ3v) is 6.89. The maximum absolute atomic E-state index is 5.90. The van der Waals surface area contributed by atoms with E-state index in [0.717, 1.165) is 19.1 Å². The predicted molar refractivity (Wildman–Crippen MR) is 80.7 cm³/mol. The molecule has 0 amide bonds. The average Bonchev–Trinajstić information content (AvgIpc) is 2.23. The Morgan fingerprint density at radius 3 is 1.39 bits per heavy atom. The van der Waals surface area contributed by atoms with Gasteiger partial charge in [-0.1, -0.05) is 41.5 Å². The van der Waals surface area contributed by atoms with Crippen molar-refractivity contribution in [1.82, 2.24) is 4.57 Å². The van der Waals surface area contributed by atoms with Crippen LogP contribution in [0.5, 0.6) is 0 Å². The summed E-state index contributed by atoms with van der Waals surface area (Å²) >= 11 is 0. The van der Waals surface area contributed by atoms with Crippen LogP contribution in [0.1, 0.15) is 41.5 Å². The molecule has 0 aliphatic carbocycles. The summed E-state index contributed by atoms with van der Waals surface area (Å²) in [5, 5.41) is 0. The second-order valence-corrected chi connectivity index (χ2v) is 9.69. The SMILES string of the molecule is CO[Si](CC(C)C)(OC)N(CC(C)C)CC(C)C. The molecule has 0 aromatic carbocycles. The number of nitrogens with zero attached hydrogens (tertiary/aromatic N) is 1. The van der Waals surface area contributed by atoms with E-state index in [4.69, 9.17) is 8.85 Å². The molecule has 0 saturated carbocycles. The molecule has 0 rings (SSSR count). The molecule has 4 heteroatoms. The van der Waals surface area contributed by atoms with Gasteiger partial charge in [0, 0.05) is 20.3 Å². The molecule has 110 valence electrons. The van der Waals surface area contributed by atoms with E-state index in [1.54, 1.807) is 0 Å². The van der Waals surface area contributed by atoms with E-state index in [2.05, 4.69) is 46.1 Å². The molecule has 0 saturated heterocycles. The van der Waals surface area contributed by atoms with Gasteiger partial charge in [-0.2, -0.15) is 0 Å². The fraction of sp³-hybridized carbons (Fsp3) is 1.00. The standard InChI is InChI=1S/C14H33NO2Si/c1-12(2)9-15(10-13(3)4)18(16-7,17-8)11-14(5)6/h12-14H,9-11H2,1-8H3. The third kappa shape index (κ3) is 5.82. The maximum atomic E-state index is 5.90. The number of rotatable bonds is 9. The Morgan fingerprint density at radius 1 is 0.778 bits per heavy atom. The lowest BCUT2D eigenvalue weighted by molar-refractivity contribution is 0.141. The molecule has 0 aromatic heterocycles. The Balaban J connectivity index is 5.04. The molecule has 0 radical (unpaired) electrons. The van der Waals surface area contributed by atoms with Crippen LogP contribution in [-0.2, 0) is 8.85 Å². The summed E-state index contributed by atoms with van der Waals surface area (Å²) in [4.78, 5) is 0. The van der Waals surface area contributed by atoms with E-state index in [1.165, 1.54) is 0 Å². The fourth-order valence-electron chi connectivity index (χ4n) is 2.39. The van der Waals surface area contributed by atoms with E-state index in [9.17, 15) is 0 Å². The van der Waals surface area contributed by atoms with Gasteiger partial charge >= 0.3 is 8.72 Å². The van der Waals surface area contributed by atoms with Gasteiger partial charge in [0.05, 0.1) is 0 Å². The normalized spacial score (nSPS) is 13.3. The zero-order chi connectivity index (χ0) is 14.3. The smallest absolute Gasteiger partial charge is 0.386 e. The van der Waals surface area contributed by atoms with Crippen molar-refractivity contribution in [3.05, 3.63) is 0 Å². The van der Waals surface area contributed by atoms with Crippen LogP contribution in [0.25, 0.3) is 0 Å². The molecule has 0 aliphatic rings. The first-order chi connectivity index (χ1) is 8.27. The molecule has 0 atom stereocenters. The van der Waals surface area contributed by atoms with Crippen LogP contribution in [-0.4, -0.2) is 40.6 Å². The van der Waals surface area contributed by atoms with Gasteiger partial charge < -0.3 is 8.85 Å². The fourth-order valence-corrected chi connectivity index (χ4v) is 5.98. The topological polar surface area (TPSA) is 21.7 Å². The van der Waals surface area contributed by atoms with Gasteiger partial charge in [-0.25, -0.2) is 0 Å². The molecule has 0 spiro atoms. The van der Waals surface area contributed by atoms with Gasteiger partial charge in [0.25, 0.3) is 0 Å². The summed E-state index contributed by atoms with van der Waals surface area (Å²) in [6.45, 7) is 15.6. The molecule has 0 heterocycles.